The average Bonchev–Trinajstić information content (AvgIpc) is 2.61. The standard InChI is InChI=1S/C17H18Cl2N4O2/c18-13-2-1-11(14(19)8-13)9-22-17(25)12-7-15(24)16(21-10-12)23-5-3-20-4-6-23/h1-2,7-8,10,20,24H,3-6,9H2,(H,22,25). The summed E-state index contributed by atoms with van der Waals surface area (Å²) >= 11 is 11.9. The Balaban J connectivity index is 1.66. The summed E-state index contributed by atoms with van der Waals surface area (Å²) in [5.74, 6) is 0.165. The number of aromatic nitrogens is 1. The van der Waals surface area contributed by atoms with Crippen molar-refractivity contribution in [3.8, 4) is 5.75 Å². The van der Waals surface area contributed by atoms with Gasteiger partial charge < -0.3 is 20.6 Å². The summed E-state index contributed by atoms with van der Waals surface area (Å²) in [7, 11) is 0. The molecule has 132 valence electrons. The van der Waals surface area contributed by atoms with Gasteiger partial charge in [0.15, 0.2) is 11.6 Å². The van der Waals surface area contributed by atoms with Gasteiger partial charge in [-0.25, -0.2) is 4.98 Å². The molecule has 1 aliphatic heterocycles. The van der Waals surface area contributed by atoms with E-state index >= 15 is 0 Å². The third-order valence-corrected chi connectivity index (χ3v) is 4.57. The summed E-state index contributed by atoms with van der Waals surface area (Å²) in [6, 6.07) is 6.53. The fraction of sp³-hybridized carbons (Fsp3) is 0.294. The van der Waals surface area contributed by atoms with Gasteiger partial charge in [0.2, 0.25) is 0 Å². The van der Waals surface area contributed by atoms with Gasteiger partial charge in [-0.2, -0.15) is 0 Å². The van der Waals surface area contributed by atoms with Crippen molar-refractivity contribution < 1.29 is 9.90 Å². The lowest BCUT2D eigenvalue weighted by Crippen LogP contribution is -2.43. The lowest BCUT2D eigenvalue weighted by atomic mass is 10.2. The molecule has 3 N–H and O–H groups in total. The summed E-state index contributed by atoms with van der Waals surface area (Å²) in [6.07, 6.45) is 1.47. The molecule has 0 unspecified atom stereocenters. The molecule has 1 aromatic heterocycles. The number of carbonyl (C=O) groups is 1. The van der Waals surface area contributed by atoms with E-state index in [-0.39, 0.29) is 18.2 Å². The van der Waals surface area contributed by atoms with E-state index in [1.54, 1.807) is 18.2 Å². The molecule has 3 rings (SSSR count). The number of benzene rings is 1. The minimum atomic E-state index is -0.333. The predicted molar refractivity (Wildman–Crippen MR) is 98.6 cm³/mol. The molecule has 0 spiro atoms. The lowest BCUT2D eigenvalue weighted by Gasteiger charge is -2.28. The zero-order valence-corrected chi connectivity index (χ0v) is 14.9. The molecule has 0 saturated carbocycles. The maximum atomic E-state index is 12.3. The Labute approximate surface area is 155 Å². The van der Waals surface area contributed by atoms with E-state index in [9.17, 15) is 9.90 Å². The number of halogens is 2. The minimum absolute atomic E-state index is 0.000856. The largest absolute Gasteiger partial charge is 0.504 e. The summed E-state index contributed by atoms with van der Waals surface area (Å²) in [4.78, 5) is 18.5. The van der Waals surface area contributed by atoms with E-state index in [1.165, 1.54) is 12.3 Å². The SMILES string of the molecule is O=C(NCc1ccc(Cl)cc1Cl)c1cnc(N2CCNCC2)c(O)c1. The number of pyridine rings is 1. The number of piperazine rings is 1. The van der Waals surface area contributed by atoms with Gasteiger partial charge in [-0.05, 0) is 23.8 Å². The van der Waals surface area contributed by atoms with Crippen LogP contribution in [0.4, 0.5) is 5.82 Å². The van der Waals surface area contributed by atoms with Crippen LogP contribution in [-0.4, -0.2) is 42.2 Å². The fourth-order valence-corrected chi connectivity index (χ4v) is 3.11. The van der Waals surface area contributed by atoms with Crippen LogP contribution in [0.15, 0.2) is 30.5 Å². The lowest BCUT2D eigenvalue weighted by molar-refractivity contribution is 0.0950. The van der Waals surface area contributed by atoms with Crippen molar-refractivity contribution in [3.05, 3.63) is 51.6 Å². The van der Waals surface area contributed by atoms with Gasteiger partial charge in [0.05, 0.1) is 5.56 Å². The smallest absolute Gasteiger partial charge is 0.253 e. The number of nitrogens with one attached hydrogen (secondary N) is 2. The van der Waals surface area contributed by atoms with Crippen molar-refractivity contribution in [1.82, 2.24) is 15.6 Å². The van der Waals surface area contributed by atoms with Gasteiger partial charge in [0.1, 0.15) is 0 Å². The van der Waals surface area contributed by atoms with Crippen LogP contribution >= 0.6 is 23.2 Å². The molecule has 0 aliphatic carbocycles. The van der Waals surface area contributed by atoms with Crippen molar-refractivity contribution in [2.45, 2.75) is 6.54 Å². The van der Waals surface area contributed by atoms with Gasteiger partial charge in [0.25, 0.3) is 5.91 Å². The van der Waals surface area contributed by atoms with Gasteiger partial charge in [-0.1, -0.05) is 29.3 Å². The Kier molecular flexibility index (Phi) is 5.63. The Morgan fingerprint density at radius 2 is 2.04 bits per heavy atom. The first-order valence-corrected chi connectivity index (χ1v) is 8.67. The quantitative estimate of drug-likeness (QED) is 0.759. The van der Waals surface area contributed by atoms with E-state index in [4.69, 9.17) is 23.2 Å². The van der Waals surface area contributed by atoms with Crippen molar-refractivity contribution in [3.63, 3.8) is 0 Å². The van der Waals surface area contributed by atoms with Crippen molar-refractivity contribution in [2.75, 3.05) is 31.1 Å². The minimum Gasteiger partial charge on any atom is -0.504 e. The monoisotopic (exact) mass is 380 g/mol. The van der Waals surface area contributed by atoms with Gasteiger partial charge in [-0.15, -0.1) is 0 Å². The predicted octanol–water partition coefficient (Wildman–Crippen LogP) is 2.43. The number of rotatable bonds is 4. The second-order valence-corrected chi connectivity index (χ2v) is 6.57. The van der Waals surface area contributed by atoms with Gasteiger partial charge in [-0.3, -0.25) is 4.79 Å². The normalized spacial score (nSPS) is 14.4. The van der Waals surface area contributed by atoms with Crippen LogP contribution in [-0.2, 0) is 6.54 Å². The average molecular weight is 381 g/mol. The molecular formula is C17H18Cl2N4O2. The van der Waals surface area contributed by atoms with E-state index in [0.29, 0.717) is 21.4 Å². The van der Waals surface area contributed by atoms with Crippen molar-refractivity contribution in [2.24, 2.45) is 0 Å². The second kappa shape index (κ2) is 7.91. The highest BCUT2D eigenvalue weighted by Crippen LogP contribution is 2.26. The van der Waals surface area contributed by atoms with Crippen LogP contribution in [0.2, 0.25) is 10.0 Å². The fourth-order valence-electron chi connectivity index (χ4n) is 2.63. The Hall–Kier alpha value is -2.02. The Morgan fingerprint density at radius 3 is 2.72 bits per heavy atom. The number of hydrogen-bond acceptors (Lipinski definition) is 5. The van der Waals surface area contributed by atoms with Crippen LogP contribution < -0.4 is 15.5 Å². The molecule has 1 saturated heterocycles. The maximum absolute atomic E-state index is 12.3. The molecule has 1 fully saturated rings. The van der Waals surface area contributed by atoms with Gasteiger partial charge in [0, 0.05) is 49.0 Å². The number of carbonyl (C=O) groups excluding carboxylic acids is 1. The molecule has 8 heteroatoms. The first kappa shape index (κ1) is 17.8. The molecule has 1 amide bonds. The third-order valence-electron chi connectivity index (χ3n) is 3.98. The summed E-state index contributed by atoms with van der Waals surface area (Å²) < 4.78 is 0. The molecular weight excluding hydrogens is 363 g/mol. The first-order valence-electron chi connectivity index (χ1n) is 7.91. The highest BCUT2D eigenvalue weighted by atomic mass is 35.5. The Morgan fingerprint density at radius 1 is 1.28 bits per heavy atom. The number of aromatic hydroxyl groups is 1. The van der Waals surface area contributed by atoms with Crippen LogP contribution in [0.5, 0.6) is 5.75 Å². The maximum Gasteiger partial charge on any atom is 0.253 e. The number of hydrogen-bond donors (Lipinski definition) is 3. The highest BCUT2D eigenvalue weighted by molar-refractivity contribution is 6.35. The molecule has 0 bridgehead atoms. The molecule has 0 atom stereocenters. The van der Waals surface area contributed by atoms with Crippen LogP contribution in [0.25, 0.3) is 0 Å². The molecule has 2 aromatic rings. The van der Waals surface area contributed by atoms with Crippen molar-refractivity contribution >= 4 is 34.9 Å². The molecule has 6 nitrogen and oxygen atoms in total. The third kappa shape index (κ3) is 4.34. The summed E-state index contributed by atoms with van der Waals surface area (Å²) in [5.41, 5.74) is 1.05. The van der Waals surface area contributed by atoms with E-state index < -0.39 is 0 Å². The van der Waals surface area contributed by atoms with Gasteiger partial charge >= 0.3 is 0 Å². The van der Waals surface area contributed by atoms with E-state index in [0.717, 1.165) is 31.7 Å². The number of nitrogens with zero attached hydrogens (tertiary/aromatic N) is 2. The zero-order valence-electron chi connectivity index (χ0n) is 13.4. The van der Waals surface area contributed by atoms with Crippen LogP contribution in [0, 0.1) is 0 Å². The Bertz CT molecular complexity index is 779. The number of anilines is 1. The second-order valence-electron chi connectivity index (χ2n) is 5.72. The van der Waals surface area contributed by atoms with E-state index in [1.807, 2.05) is 4.90 Å². The zero-order chi connectivity index (χ0) is 17.8. The summed E-state index contributed by atoms with van der Waals surface area (Å²) in [6.45, 7) is 3.47. The number of amides is 1. The first-order chi connectivity index (χ1) is 12.0. The molecule has 1 aromatic carbocycles. The summed E-state index contributed by atoms with van der Waals surface area (Å²) in [5, 5.41) is 17.2. The van der Waals surface area contributed by atoms with Crippen LogP contribution in [0.3, 0.4) is 0 Å². The van der Waals surface area contributed by atoms with Crippen molar-refractivity contribution in [1.29, 1.82) is 0 Å². The topological polar surface area (TPSA) is 77.5 Å². The highest BCUT2D eigenvalue weighted by Gasteiger charge is 2.17. The molecule has 25 heavy (non-hydrogen) atoms. The molecule has 1 aliphatic rings. The van der Waals surface area contributed by atoms with Crippen LogP contribution in [0.1, 0.15) is 15.9 Å². The molecule has 0 radical (unpaired) electrons. The molecule has 2 heterocycles. The van der Waals surface area contributed by atoms with E-state index in [2.05, 4.69) is 15.6 Å².